The molecule has 8 nitrogen and oxygen atoms in total. The van der Waals surface area contributed by atoms with Crippen LogP contribution in [0.4, 0.5) is 4.79 Å². The van der Waals surface area contributed by atoms with Crippen LogP contribution in [0.5, 0.6) is 0 Å². The largest absolute Gasteiger partial charge is 0.465 e. The van der Waals surface area contributed by atoms with E-state index in [1.54, 1.807) is 16.7 Å². The minimum absolute atomic E-state index is 0.0155. The van der Waals surface area contributed by atoms with Gasteiger partial charge >= 0.3 is 6.09 Å². The van der Waals surface area contributed by atoms with E-state index in [-0.39, 0.29) is 23.8 Å². The normalized spacial score (nSPS) is 27.9. The van der Waals surface area contributed by atoms with Crippen molar-refractivity contribution >= 4 is 17.9 Å². The van der Waals surface area contributed by atoms with Crippen LogP contribution in [0.1, 0.15) is 46.5 Å². The van der Waals surface area contributed by atoms with Crippen molar-refractivity contribution < 1.29 is 24.6 Å². The molecule has 3 amide bonds. The number of likely N-dealkylation sites (tertiary alicyclic amines) is 1. The lowest BCUT2D eigenvalue weighted by Crippen LogP contribution is -2.58. The number of carboxylic acid groups (broad SMARTS) is 1. The molecule has 27 heavy (non-hydrogen) atoms. The highest BCUT2D eigenvalue weighted by Crippen LogP contribution is 2.53. The maximum atomic E-state index is 13.0. The van der Waals surface area contributed by atoms with E-state index in [0.717, 1.165) is 24.2 Å². The van der Waals surface area contributed by atoms with Gasteiger partial charge in [-0.3, -0.25) is 14.5 Å². The Morgan fingerprint density at radius 2 is 1.85 bits per heavy atom. The maximum absolute atomic E-state index is 13.0. The monoisotopic (exact) mass is 381 g/mol. The van der Waals surface area contributed by atoms with Gasteiger partial charge in [-0.05, 0) is 38.0 Å². The van der Waals surface area contributed by atoms with Gasteiger partial charge in [0, 0.05) is 38.1 Å². The zero-order valence-electron chi connectivity index (χ0n) is 16.5. The molecule has 0 aromatic rings. The summed E-state index contributed by atoms with van der Waals surface area (Å²) >= 11 is 0. The number of carbonyl (C=O) groups excluding carboxylic acids is 2. The van der Waals surface area contributed by atoms with E-state index in [2.05, 4.69) is 0 Å². The molecule has 8 heteroatoms. The van der Waals surface area contributed by atoms with E-state index in [1.807, 2.05) is 13.8 Å². The van der Waals surface area contributed by atoms with Crippen molar-refractivity contribution in [2.24, 2.45) is 10.8 Å². The molecule has 0 aromatic heterocycles. The van der Waals surface area contributed by atoms with Crippen molar-refractivity contribution in [1.82, 2.24) is 14.7 Å². The van der Waals surface area contributed by atoms with Crippen molar-refractivity contribution in [3.63, 3.8) is 0 Å². The highest BCUT2D eigenvalue weighted by molar-refractivity contribution is 5.86. The van der Waals surface area contributed by atoms with Gasteiger partial charge in [-0.2, -0.15) is 0 Å². The van der Waals surface area contributed by atoms with Crippen LogP contribution in [0.25, 0.3) is 0 Å². The Balaban J connectivity index is 1.54. The van der Waals surface area contributed by atoms with E-state index in [4.69, 9.17) is 5.11 Å². The van der Waals surface area contributed by atoms with Crippen LogP contribution in [0.15, 0.2) is 0 Å². The molecular formula is C19H31N3O5. The van der Waals surface area contributed by atoms with E-state index >= 15 is 0 Å². The summed E-state index contributed by atoms with van der Waals surface area (Å²) in [5.74, 6) is -0.197. The molecule has 2 unspecified atom stereocenters. The van der Waals surface area contributed by atoms with E-state index in [0.29, 0.717) is 32.6 Å². The number of hydrogen-bond acceptors (Lipinski definition) is 4. The third kappa shape index (κ3) is 3.77. The topological polar surface area (TPSA) is 101 Å². The summed E-state index contributed by atoms with van der Waals surface area (Å²) in [5, 5.41) is 19.5. The molecule has 2 N–H and O–H groups in total. The number of aliphatic hydroxyl groups excluding tert-OH is 1. The second-order valence-electron chi connectivity index (χ2n) is 8.99. The Labute approximate surface area is 160 Å². The van der Waals surface area contributed by atoms with Crippen LogP contribution >= 0.6 is 0 Å². The number of nitrogens with zero attached hydrogens (tertiary/aromatic N) is 3. The summed E-state index contributed by atoms with van der Waals surface area (Å²) in [7, 11) is 0. The van der Waals surface area contributed by atoms with Gasteiger partial charge in [-0.15, -0.1) is 0 Å². The highest BCUT2D eigenvalue weighted by Gasteiger charge is 2.52. The zero-order chi connectivity index (χ0) is 20.0. The Morgan fingerprint density at radius 3 is 2.41 bits per heavy atom. The van der Waals surface area contributed by atoms with Crippen molar-refractivity contribution in [2.75, 3.05) is 32.7 Å². The van der Waals surface area contributed by atoms with E-state index in [1.165, 1.54) is 0 Å². The van der Waals surface area contributed by atoms with Gasteiger partial charge in [-0.1, -0.05) is 13.8 Å². The fraction of sp³-hybridized carbons (Fsp3) is 0.842. The van der Waals surface area contributed by atoms with E-state index in [9.17, 15) is 19.5 Å². The molecule has 0 aromatic carbocycles. The third-order valence-electron chi connectivity index (χ3n) is 6.74. The Kier molecular flexibility index (Phi) is 5.14. The smallest absolute Gasteiger partial charge is 0.408 e. The first kappa shape index (κ1) is 19.9. The number of aliphatic hydroxyl groups is 1. The van der Waals surface area contributed by atoms with Gasteiger partial charge in [0.2, 0.25) is 11.8 Å². The quantitative estimate of drug-likeness (QED) is 0.756. The first-order valence-corrected chi connectivity index (χ1v) is 9.83. The lowest BCUT2D eigenvalue weighted by molar-refractivity contribution is -0.148. The summed E-state index contributed by atoms with van der Waals surface area (Å²) < 4.78 is 0. The molecule has 152 valence electrons. The Morgan fingerprint density at radius 1 is 1.19 bits per heavy atom. The summed E-state index contributed by atoms with van der Waals surface area (Å²) in [4.78, 5) is 41.2. The van der Waals surface area contributed by atoms with Crippen LogP contribution in [0.2, 0.25) is 0 Å². The SMILES string of the molecule is CC1C(=O)N(CCC(C)(C)C(=O)N2CCC3(CC3)C(O)C2)CCN1C(=O)O. The number of hydrogen-bond donors (Lipinski definition) is 2. The lowest BCUT2D eigenvalue weighted by Gasteiger charge is -2.41. The number of rotatable bonds is 4. The van der Waals surface area contributed by atoms with Crippen molar-refractivity contribution in [1.29, 1.82) is 0 Å². The van der Waals surface area contributed by atoms with E-state index < -0.39 is 23.7 Å². The van der Waals surface area contributed by atoms with Gasteiger partial charge < -0.3 is 20.0 Å². The number of amides is 3. The summed E-state index contributed by atoms with van der Waals surface area (Å²) in [6, 6.07) is -0.693. The minimum atomic E-state index is -1.08. The molecule has 1 aliphatic carbocycles. The lowest BCUT2D eigenvalue weighted by atomic mass is 9.84. The second-order valence-corrected chi connectivity index (χ2v) is 8.99. The van der Waals surface area contributed by atoms with Crippen molar-refractivity contribution in [3.8, 4) is 0 Å². The first-order valence-electron chi connectivity index (χ1n) is 9.83. The fourth-order valence-corrected chi connectivity index (χ4v) is 4.31. The number of piperidine rings is 1. The highest BCUT2D eigenvalue weighted by atomic mass is 16.4. The van der Waals surface area contributed by atoms with Crippen LogP contribution in [-0.2, 0) is 9.59 Å². The number of β-amino-alcohol motifs (C(OH)–C–C–N with tert-alkyl or cyclic N) is 1. The third-order valence-corrected chi connectivity index (χ3v) is 6.74. The summed E-state index contributed by atoms with van der Waals surface area (Å²) in [6.45, 7) is 7.51. The summed E-state index contributed by atoms with van der Waals surface area (Å²) in [6.07, 6.45) is 1.98. The molecule has 3 aliphatic rings. The van der Waals surface area contributed by atoms with Crippen LogP contribution in [0.3, 0.4) is 0 Å². The number of piperazine rings is 1. The van der Waals surface area contributed by atoms with Crippen molar-refractivity contribution in [2.45, 2.75) is 58.6 Å². The standard InChI is InChI=1S/C19H31N3O5/c1-13-15(24)20(10-11-22(13)17(26)27)8-6-18(2,3)16(25)21-9-7-19(4-5-19)14(23)12-21/h13-14,23H,4-12H2,1-3H3,(H,26,27). The van der Waals surface area contributed by atoms with Gasteiger partial charge in [0.15, 0.2) is 0 Å². The van der Waals surface area contributed by atoms with Gasteiger partial charge in [-0.25, -0.2) is 4.79 Å². The molecule has 3 rings (SSSR count). The average molecular weight is 381 g/mol. The van der Waals surface area contributed by atoms with Crippen molar-refractivity contribution in [3.05, 3.63) is 0 Å². The zero-order valence-corrected chi connectivity index (χ0v) is 16.5. The first-order chi connectivity index (χ1) is 12.6. The van der Waals surface area contributed by atoms with Crippen LogP contribution in [-0.4, -0.2) is 87.7 Å². The predicted octanol–water partition coefficient (Wildman–Crippen LogP) is 0.987. The van der Waals surface area contributed by atoms with Gasteiger partial charge in [0.1, 0.15) is 6.04 Å². The van der Waals surface area contributed by atoms with Crippen LogP contribution < -0.4 is 0 Å². The minimum Gasteiger partial charge on any atom is -0.465 e. The molecule has 3 fully saturated rings. The molecule has 0 radical (unpaired) electrons. The molecular weight excluding hydrogens is 350 g/mol. The Bertz CT molecular complexity index is 631. The molecule has 2 saturated heterocycles. The van der Waals surface area contributed by atoms with Gasteiger partial charge in [0.25, 0.3) is 0 Å². The number of carbonyl (C=O) groups is 3. The average Bonchev–Trinajstić information content (AvgIpc) is 3.38. The Hall–Kier alpha value is -1.83. The second kappa shape index (κ2) is 6.96. The molecule has 2 aliphatic heterocycles. The fourth-order valence-electron chi connectivity index (χ4n) is 4.31. The molecule has 2 heterocycles. The predicted molar refractivity (Wildman–Crippen MR) is 98.0 cm³/mol. The van der Waals surface area contributed by atoms with Gasteiger partial charge in [0.05, 0.1) is 6.10 Å². The summed E-state index contributed by atoms with van der Waals surface area (Å²) in [5.41, 5.74) is -0.575. The maximum Gasteiger partial charge on any atom is 0.408 e. The molecule has 0 bridgehead atoms. The molecule has 1 saturated carbocycles. The molecule has 1 spiro atoms. The van der Waals surface area contributed by atoms with Crippen LogP contribution in [0, 0.1) is 10.8 Å². The molecule has 2 atom stereocenters.